The first-order valence-corrected chi connectivity index (χ1v) is 12.4. The lowest BCUT2D eigenvalue weighted by molar-refractivity contribution is 0.0469. The van der Waals surface area contributed by atoms with Gasteiger partial charge in [-0.3, -0.25) is 0 Å². The molecular weight excluding hydrogens is 192 g/mol. The molecular formula is C10H24OSi2. The van der Waals surface area contributed by atoms with Crippen LogP contribution in [-0.4, -0.2) is 21.0 Å². The molecule has 0 amide bonds. The summed E-state index contributed by atoms with van der Waals surface area (Å²) in [6.45, 7) is 16.7. The number of hydrogen-bond acceptors (Lipinski definition) is 1. The minimum absolute atomic E-state index is 0.123. The first-order valence-electron chi connectivity index (χ1n) is 5.29. The van der Waals surface area contributed by atoms with Crippen LogP contribution in [0.25, 0.3) is 0 Å². The van der Waals surface area contributed by atoms with Crippen LogP contribution in [0.3, 0.4) is 0 Å². The topological polar surface area (TPSA) is 9.23 Å². The smallest absolute Gasteiger partial charge is 0.174 e. The van der Waals surface area contributed by atoms with Crippen LogP contribution in [0, 0.1) is 5.92 Å². The molecule has 0 N–H and O–H groups in total. The first kappa shape index (κ1) is 11.5. The number of hydrogen-bond donors (Lipinski definition) is 0. The Hall–Kier alpha value is 0.394. The molecule has 1 rings (SSSR count). The van der Waals surface area contributed by atoms with Crippen molar-refractivity contribution in [1.82, 2.24) is 0 Å². The summed E-state index contributed by atoms with van der Waals surface area (Å²) in [5, 5.41) is 0. The Morgan fingerprint density at radius 2 is 1.62 bits per heavy atom. The van der Waals surface area contributed by atoms with Crippen molar-refractivity contribution in [3.63, 3.8) is 0 Å². The van der Waals surface area contributed by atoms with E-state index in [1.54, 1.807) is 0 Å². The molecule has 3 heteroatoms. The van der Waals surface area contributed by atoms with Crippen LogP contribution in [0.5, 0.6) is 0 Å². The first-order chi connectivity index (χ1) is 5.58. The van der Waals surface area contributed by atoms with Gasteiger partial charge in [-0.15, -0.1) is 0 Å². The lowest BCUT2D eigenvalue weighted by Crippen LogP contribution is -2.66. The van der Waals surface area contributed by atoms with Crippen LogP contribution >= 0.6 is 0 Å². The Balaban J connectivity index is 2.93. The van der Waals surface area contributed by atoms with Gasteiger partial charge in [-0.2, -0.15) is 0 Å². The van der Waals surface area contributed by atoms with Crippen LogP contribution < -0.4 is 0 Å². The van der Waals surface area contributed by atoms with Crippen molar-refractivity contribution in [3.05, 3.63) is 0 Å². The van der Waals surface area contributed by atoms with Crippen LogP contribution in [-0.2, 0) is 4.43 Å². The molecule has 1 nitrogen and oxygen atoms in total. The largest absolute Gasteiger partial charge is 0.415 e. The van der Waals surface area contributed by atoms with Gasteiger partial charge in [-0.25, -0.2) is 0 Å². The van der Waals surface area contributed by atoms with Crippen LogP contribution in [0.2, 0.25) is 32.2 Å². The zero-order valence-corrected chi connectivity index (χ0v) is 12.2. The molecule has 1 atom stereocenters. The summed E-state index contributed by atoms with van der Waals surface area (Å²) in [6, 6.07) is 1.44. The highest BCUT2D eigenvalue weighted by Gasteiger charge is 2.52. The predicted molar refractivity (Wildman–Crippen MR) is 64.1 cm³/mol. The predicted octanol–water partition coefficient (Wildman–Crippen LogP) is 3.42. The zero-order valence-electron chi connectivity index (χ0n) is 10.2. The van der Waals surface area contributed by atoms with Crippen molar-refractivity contribution < 1.29 is 4.43 Å². The Morgan fingerprint density at radius 3 is 2.00 bits per heavy atom. The number of rotatable bonds is 0. The van der Waals surface area contributed by atoms with Crippen LogP contribution in [0.4, 0.5) is 0 Å². The van der Waals surface area contributed by atoms with Gasteiger partial charge in [0.15, 0.2) is 7.83 Å². The van der Waals surface area contributed by atoms with Gasteiger partial charge in [0.2, 0.25) is 0 Å². The van der Waals surface area contributed by atoms with Crippen molar-refractivity contribution in [2.24, 2.45) is 5.92 Å². The molecule has 1 aliphatic rings. The summed E-state index contributed by atoms with van der Waals surface area (Å²) in [7, 11) is -2.41. The summed E-state index contributed by atoms with van der Waals surface area (Å²) >= 11 is 0. The van der Waals surface area contributed by atoms with E-state index in [2.05, 4.69) is 47.0 Å². The molecule has 0 radical (unpaired) electrons. The highest BCUT2D eigenvalue weighted by atomic mass is 29.3. The monoisotopic (exact) mass is 216 g/mol. The molecule has 78 valence electrons. The fourth-order valence-electron chi connectivity index (χ4n) is 2.15. The molecule has 1 unspecified atom stereocenters. The van der Waals surface area contributed by atoms with Gasteiger partial charge in [0.05, 0.1) is 13.2 Å². The van der Waals surface area contributed by atoms with E-state index in [0.717, 1.165) is 5.92 Å². The second-order valence-electron chi connectivity index (χ2n) is 6.20. The second-order valence-corrected chi connectivity index (χ2v) is 21.3. The van der Waals surface area contributed by atoms with Crippen molar-refractivity contribution in [2.45, 2.75) is 58.6 Å². The minimum atomic E-state index is -1.36. The highest BCUT2D eigenvalue weighted by Crippen LogP contribution is 2.42. The lowest BCUT2D eigenvalue weighted by Gasteiger charge is -2.53. The Morgan fingerprint density at radius 1 is 1.15 bits per heavy atom. The molecule has 1 heterocycles. The van der Waals surface area contributed by atoms with E-state index in [1.165, 1.54) is 6.04 Å². The van der Waals surface area contributed by atoms with Gasteiger partial charge in [0.25, 0.3) is 0 Å². The third-order valence-corrected chi connectivity index (χ3v) is 20.8. The van der Waals surface area contributed by atoms with E-state index < -0.39 is 15.4 Å². The molecule has 0 aromatic rings. The zero-order chi connectivity index (χ0) is 10.5. The molecule has 0 bridgehead atoms. The Labute approximate surface area is 84.8 Å². The summed E-state index contributed by atoms with van der Waals surface area (Å²) in [5.41, 5.74) is 0.123. The van der Waals surface area contributed by atoms with Crippen molar-refractivity contribution in [3.8, 4) is 0 Å². The highest BCUT2D eigenvalue weighted by molar-refractivity contribution is 7.38. The van der Waals surface area contributed by atoms with Gasteiger partial charge in [-0.1, -0.05) is 26.1 Å². The van der Waals surface area contributed by atoms with E-state index >= 15 is 0 Å². The van der Waals surface area contributed by atoms with Crippen LogP contribution in [0.1, 0.15) is 20.8 Å². The average Bonchev–Trinajstić information content (AvgIpc) is 1.80. The SMILES string of the molecule is CC1C[Si](C)(C)[Si](C)(C)OC1(C)C. The maximum atomic E-state index is 6.39. The summed E-state index contributed by atoms with van der Waals surface area (Å²) in [5.74, 6) is 0.731. The third-order valence-electron chi connectivity index (χ3n) is 4.15. The molecule has 1 saturated heterocycles. The molecule has 0 saturated carbocycles. The maximum absolute atomic E-state index is 6.39. The Bertz CT molecular complexity index is 209. The molecule has 1 fully saturated rings. The molecule has 1 aliphatic heterocycles. The van der Waals surface area contributed by atoms with Gasteiger partial charge in [0, 0.05) is 0 Å². The van der Waals surface area contributed by atoms with Gasteiger partial charge >= 0.3 is 0 Å². The van der Waals surface area contributed by atoms with E-state index in [0.29, 0.717) is 0 Å². The van der Waals surface area contributed by atoms with Crippen molar-refractivity contribution >= 4 is 15.4 Å². The minimum Gasteiger partial charge on any atom is -0.415 e. The lowest BCUT2D eigenvalue weighted by atomic mass is 9.95. The molecule has 0 aliphatic carbocycles. The summed E-state index contributed by atoms with van der Waals surface area (Å²) < 4.78 is 6.39. The quantitative estimate of drug-likeness (QED) is 0.564. The molecule has 0 spiro atoms. The van der Waals surface area contributed by atoms with E-state index in [-0.39, 0.29) is 5.60 Å². The van der Waals surface area contributed by atoms with Gasteiger partial charge < -0.3 is 4.43 Å². The molecule has 0 aromatic heterocycles. The maximum Gasteiger partial charge on any atom is 0.174 e. The van der Waals surface area contributed by atoms with E-state index in [1.807, 2.05) is 0 Å². The van der Waals surface area contributed by atoms with Crippen molar-refractivity contribution in [1.29, 1.82) is 0 Å². The average molecular weight is 216 g/mol. The molecule has 0 aromatic carbocycles. The Kier molecular flexibility index (Phi) is 2.59. The second kappa shape index (κ2) is 2.94. The van der Waals surface area contributed by atoms with E-state index in [4.69, 9.17) is 4.43 Å². The van der Waals surface area contributed by atoms with Gasteiger partial charge in [0.1, 0.15) is 0 Å². The summed E-state index contributed by atoms with van der Waals surface area (Å²) in [6.07, 6.45) is 0. The van der Waals surface area contributed by atoms with Gasteiger partial charge in [-0.05, 0) is 32.9 Å². The fourth-order valence-corrected chi connectivity index (χ4v) is 10.5. The van der Waals surface area contributed by atoms with E-state index in [9.17, 15) is 0 Å². The third kappa shape index (κ3) is 1.92. The van der Waals surface area contributed by atoms with Crippen molar-refractivity contribution in [2.75, 3.05) is 0 Å². The van der Waals surface area contributed by atoms with Crippen LogP contribution in [0.15, 0.2) is 0 Å². The normalized spacial score (nSPS) is 35.8. The molecule has 13 heavy (non-hydrogen) atoms. The fraction of sp³-hybridized carbons (Fsp3) is 1.00. The standard InChI is InChI=1S/C10H24OSi2/c1-9-8-12(4,5)13(6,7)11-10(9,2)3/h9H,8H2,1-7H3. The summed E-state index contributed by atoms with van der Waals surface area (Å²) in [4.78, 5) is 0.